The first kappa shape index (κ1) is 21.3. The highest BCUT2D eigenvalue weighted by Gasteiger charge is 2.41. The molecule has 1 aromatic heterocycles. The third-order valence-corrected chi connectivity index (χ3v) is 4.31. The SMILES string of the molecule is COc1ccc(CCCNC(=O)c2nnn(-c3ccc(F)cc3)c2C(F)(F)F)cc1. The lowest BCUT2D eigenvalue weighted by Crippen LogP contribution is -2.28. The molecular weight excluding hydrogens is 404 g/mol. The van der Waals surface area contributed by atoms with Crippen molar-refractivity contribution in [3.63, 3.8) is 0 Å². The molecule has 0 unspecified atom stereocenters. The Balaban J connectivity index is 1.68. The van der Waals surface area contributed by atoms with Gasteiger partial charge in [-0.25, -0.2) is 9.07 Å². The topological polar surface area (TPSA) is 69.0 Å². The summed E-state index contributed by atoms with van der Waals surface area (Å²) in [6.07, 6.45) is -3.74. The number of rotatable bonds is 7. The molecule has 0 aliphatic heterocycles. The Bertz CT molecular complexity index is 999. The van der Waals surface area contributed by atoms with Gasteiger partial charge in [-0.05, 0) is 54.8 Å². The largest absolute Gasteiger partial charge is 0.497 e. The molecule has 3 rings (SSSR count). The van der Waals surface area contributed by atoms with Crippen molar-refractivity contribution in [1.29, 1.82) is 0 Å². The average molecular weight is 422 g/mol. The van der Waals surface area contributed by atoms with E-state index in [4.69, 9.17) is 4.74 Å². The van der Waals surface area contributed by atoms with Gasteiger partial charge in [-0.15, -0.1) is 5.10 Å². The number of carbonyl (C=O) groups excluding carboxylic acids is 1. The molecule has 3 aromatic rings. The van der Waals surface area contributed by atoms with E-state index in [-0.39, 0.29) is 12.2 Å². The number of benzene rings is 2. The first-order valence-corrected chi connectivity index (χ1v) is 8.99. The van der Waals surface area contributed by atoms with Crippen LogP contribution in [0.4, 0.5) is 17.6 Å². The standard InChI is InChI=1S/C20H18F4N4O2/c1-30-16-10-4-13(5-11-16)3-2-12-25-19(29)17-18(20(22,23)24)28(27-26-17)15-8-6-14(21)7-9-15/h4-11H,2-3,12H2,1H3,(H,25,29). The summed E-state index contributed by atoms with van der Waals surface area (Å²) in [4.78, 5) is 12.3. The highest BCUT2D eigenvalue weighted by molar-refractivity contribution is 5.93. The molecule has 0 atom stereocenters. The summed E-state index contributed by atoms with van der Waals surface area (Å²) in [5.74, 6) is -0.872. The second kappa shape index (κ2) is 8.93. The van der Waals surface area contributed by atoms with E-state index in [1.807, 2.05) is 12.1 Å². The third kappa shape index (κ3) is 4.94. The number of aromatic nitrogens is 3. The molecule has 1 N–H and O–H groups in total. The van der Waals surface area contributed by atoms with Crippen LogP contribution >= 0.6 is 0 Å². The number of carbonyl (C=O) groups is 1. The van der Waals surface area contributed by atoms with Crippen molar-refractivity contribution in [2.45, 2.75) is 19.0 Å². The summed E-state index contributed by atoms with van der Waals surface area (Å²) < 4.78 is 59.3. The van der Waals surface area contributed by atoms with Crippen LogP contribution < -0.4 is 10.1 Å². The van der Waals surface area contributed by atoms with Crippen LogP contribution in [0, 0.1) is 5.82 Å². The monoisotopic (exact) mass is 422 g/mol. The molecule has 10 heteroatoms. The highest BCUT2D eigenvalue weighted by Crippen LogP contribution is 2.32. The Morgan fingerprint density at radius 1 is 1.10 bits per heavy atom. The zero-order chi connectivity index (χ0) is 21.7. The Morgan fingerprint density at radius 2 is 1.77 bits per heavy atom. The molecule has 0 aliphatic rings. The van der Waals surface area contributed by atoms with Gasteiger partial charge in [0.2, 0.25) is 0 Å². The average Bonchev–Trinajstić information content (AvgIpc) is 3.18. The molecule has 1 heterocycles. The lowest BCUT2D eigenvalue weighted by molar-refractivity contribution is -0.143. The van der Waals surface area contributed by atoms with Crippen LogP contribution in [-0.4, -0.2) is 34.6 Å². The van der Waals surface area contributed by atoms with E-state index < -0.39 is 29.3 Å². The van der Waals surface area contributed by atoms with Crippen LogP contribution in [0.3, 0.4) is 0 Å². The van der Waals surface area contributed by atoms with E-state index in [0.717, 1.165) is 35.6 Å². The normalized spacial score (nSPS) is 11.4. The summed E-state index contributed by atoms with van der Waals surface area (Å²) in [5.41, 5.74) is -1.21. The molecular formula is C20H18F4N4O2. The maximum absolute atomic E-state index is 13.6. The summed E-state index contributed by atoms with van der Waals surface area (Å²) in [6, 6.07) is 11.6. The van der Waals surface area contributed by atoms with Crippen molar-refractivity contribution in [1.82, 2.24) is 20.3 Å². The number of hydrogen-bond acceptors (Lipinski definition) is 4. The van der Waals surface area contributed by atoms with Crippen LogP contribution in [0.2, 0.25) is 0 Å². The Hall–Kier alpha value is -3.43. The van der Waals surface area contributed by atoms with Gasteiger partial charge in [0.25, 0.3) is 5.91 Å². The lowest BCUT2D eigenvalue weighted by atomic mass is 10.1. The predicted octanol–water partition coefficient (Wildman–Crippen LogP) is 3.80. The van der Waals surface area contributed by atoms with Gasteiger partial charge in [0.05, 0.1) is 12.8 Å². The summed E-state index contributed by atoms with van der Waals surface area (Å²) in [7, 11) is 1.56. The first-order valence-electron chi connectivity index (χ1n) is 8.99. The van der Waals surface area contributed by atoms with Crippen molar-refractivity contribution in [3.8, 4) is 11.4 Å². The molecule has 2 aromatic carbocycles. The van der Waals surface area contributed by atoms with Crippen LogP contribution in [0.5, 0.6) is 5.75 Å². The molecule has 0 saturated heterocycles. The number of amides is 1. The molecule has 0 spiro atoms. The maximum Gasteiger partial charge on any atom is 0.435 e. The quantitative estimate of drug-likeness (QED) is 0.465. The summed E-state index contributed by atoms with van der Waals surface area (Å²) in [6.45, 7) is 0.158. The first-order chi connectivity index (χ1) is 14.3. The number of nitrogens with one attached hydrogen (secondary N) is 1. The number of nitrogens with zero attached hydrogens (tertiary/aromatic N) is 3. The van der Waals surface area contributed by atoms with E-state index in [9.17, 15) is 22.4 Å². The van der Waals surface area contributed by atoms with Crippen LogP contribution in [-0.2, 0) is 12.6 Å². The molecule has 0 bridgehead atoms. The van der Waals surface area contributed by atoms with E-state index in [1.165, 1.54) is 0 Å². The third-order valence-electron chi connectivity index (χ3n) is 4.31. The fraction of sp³-hybridized carbons (Fsp3) is 0.250. The minimum absolute atomic E-state index is 0.0604. The minimum Gasteiger partial charge on any atom is -0.497 e. The fourth-order valence-corrected chi connectivity index (χ4v) is 2.82. The van der Waals surface area contributed by atoms with E-state index in [1.54, 1.807) is 19.2 Å². The molecule has 0 fully saturated rings. The highest BCUT2D eigenvalue weighted by atomic mass is 19.4. The van der Waals surface area contributed by atoms with Crippen molar-refractivity contribution in [2.24, 2.45) is 0 Å². The zero-order valence-corrected chi connectivity index (χ0v) is 15.9. The number of aryl methyl sites for hydroxylation is 1. The van der Waals surface area contributed by atoms with Crippen molar-refractivity contribution >= 4 is 5.91 Å². The summed E-state index contributed by atoms with van der Waals surface area (Å²) >= 11 is 0. The zero-order valence-electron chi connectivity index (χ0n) is 15.9. The van der Waals surface area contributed by atoms with Gasteiger partial charge in [-0.3, -0.25) is 4.79 Å². The Morgan fingerprint density at radius 3 is 2.37 bits per heavy atom. The number of halogens is 4. The van der Waals surface area contributed by atoms with E-state index in [0.29, 0.717) is 17.5 Å². The molecule has 158 valence electrons. The van der Waals surface area contributed by atoms with Gasteiger partial charge < -0.3 is 10.1 Å². The van der Waals surface area contributed by atoms with Gasteiger partial charge in [0.15, 0.2) is 11.4 Å². The molecule has 0 aliphatic carbocycles. The fourth-order valence-electron chi connectivity index (χ4n) is 2.82. The van der Waals surface area contributed by atoms with Gasteiger partial charge in [0, 0.05) is 6.54 Å². The second-order valence-corrected chi connectivity index (χ2v) is 6.38. The molecule has 0 radical (unpaired) electrons. The molecule has 1 amide bonds. The van der Waals surface area contributed by atoms with Crippen molar-refractivity contribution in [2.75, 3.05) is 13.7 Å². The number of methoxy groups -OCH3 is 1. The molecule has 0 saturated carbocycles. The van der Waals surface area contributed by atoms with E-state index in [2.05, 4.69) is 15.6 Å². The van der Waals surface area contributed by atoms with Crippen LogP contribution in [0.15, 0.2) is 48.5 Å². The van der Waals surface area contributed by atoms with Gasteiger partial charge >= 0.3 is 6.18 Å². The Labute approximate surface area is 169 Å². The van der Waals surface area contributed by atoms with Crippen molar-refractivity contribution in [3.05, 3.63) is 71.3 Å². The predicted molar refractivity (Wildman–Crippen MR) is 100.0 cm³/mol. The second-order valence-electron chi connectivity index (χ2n) is 6.38. The van der Waals surface area contributed by atoms with Crippen LogP contribution in [0.1, 0.15) is 28.2 Å². The van der Waals surface area contributed by atoms with Crippen LogP contribution in [0.25, 0.3) is 5.69 Å². The van der Waals surface area contributed by atoms with Gasteiger partial charge in [0.1, 0.15) is 11.6 Å². The maximum atomic E-state index is 13.6. The van der Waals surface area contributed by atoms with Crippen molar-refractivity contribution < 1.29 is 27.1 Å². The van der Waals surface area contributed by atoms with E-state index >= 15 is 0 Å². The van der Waals surface area contributed by atoms with Gasteiger partial charge in [-0.2, -0.15) is 13.2 Å². The number of hydrogen-bond donors (Lipinski definition) is 1. The van der Waals surface area contributed by atoms with Gasteiger partial charge in [-0.1, -0.05) is 17.3 Å². The molecule has 6 nitrogen and oxygen atoms in total. The number of ether oxygens (including phenoxy) is 1. The number of alkyl halides is 3. The smallest absolute Gasteiger partial charge is 0.435 e. The summed E-state index contributed by atoms with van der Waals surface area (Å²) in [5, 5.41) is 9.30. The minimum atomic E-state index is -4.88. The Kier molecular flexibility index (Phi) is 6.34. The lowest BCUT2D eigenvalue weighted by Gasteiger charge is -2.11. The molecule has 30 heavy (non-hydrogen) atoms.